The third kappa shape index (κ3) is 7.22. The van der Waals surface area contributed by atoms with E-state index in [2.05, 4.69) is 0 Å². The molecule has 2 N–H and O–H groups in total. The maximum atomic E-state index is 12.6. The van der Waals surface area contributed by atoms with Crippen molar-refractivity contribution in [2.24, 2.45) is 0 Å². The molecular weight excluding hydrogens is 376 g/mol. The van der Waals surface area contributed by atoms with Gasteiger partial charge in [0, 0.05) is 0 Å². The van der Waals surface area contributed by atoms with E-state index in [1.54, 1.807) is 0 Å². The summed E-state index contributed by atoms with van der Waals surface area (Å²) in [5.74, 6) is -1.76. The Balaban J connectivity index is 3.48. The lowest BCUT2D eigenvalue weighted by molar-refractivity contribution is 0.0494. The Morgan fingerprint density at radius 2 is 1.14 bits per heavy atom. The maximum absolute atomic E-state index is 12.6. The number of carbonyl (C=O) groups excluding carboxylic acids is 1. The zero-order valence-electron chi connectivity index (χ0n) is 18.2. The first-order valence-electron chi connectivity index (χ1n) is 10.7. The van der Waals surface area contributed by atoms with Gasteiger partial charge in [0.2, 0.25) is 17.2 Å². The van der Waals surface area contributed by atoms with Gasteiger partial charge >= 0.3 is 5.97 Å². The molecule has 0 aliphatic heterocycles. The molecule has 0 spiro atoms. The third-order valence-corrected chi connectivity index (χ3v) is 4.19. The van der Waals surface area contributed by atoms with Crippen LogP contribution >= 0.6 is 0 Å². The van der Waals surface area contributed by atoms with Gasteiger partial charge in [-0.15, -0.1) is 0 Å². The average molecular weight is 413 g/mol. The number of carbonyl (C=O) groups is 1. The van der Waals surface area contributed by atoms with Crippen LogP contribution in [0.25, 0.3) is 0 Å². The van der Waals surface area contributed by atoms with E-state index in [-0.39, 0.29) is 29.4 Å². The molecule has 0 saturated heterocycles. The van der Waals surface area contributed by atoms with Crippen molar-refractivity contribution in [3.63, 3.8) is 0 Å². The van der Waals surface area contributed by atoms with Crippen LogP contribution in [0, 0.1) is 0 Å². The summed E-state index contributed by atoms with van der Waals surface area (Å²) in [5, 5.41) is 21.1. The van der Waals surface area contributed by atoms with Gasteiger partial charge in [-0.25, -0.2) is 4.79 Å². The maximum Gasteiger partial charge on any atom is 0.346 e. The first-order valence-corrected chi connectivity index (χ1v) is 10.7. The molecule has 0 amide bonds. The number of hydrogen-bond donors (Lipinski definition) is 2. The minimum atomic E-state index is -0.772. The lowest BCUT2D eigenvalue weighted by Gasteiger charge is -2.21. The van der Waals surface area contributed by atoms with Gasteiger partial charge in [0.15, 0.2) is 17.1 Å². The quantitative estimate of drug-likeness (QED) is 0.232. The van der Waals surface area contributed by atoms with Crippen LogP contribution in [-0.4, -0.2) is 42.6 Å². The Bertz CT molecular complexity index is 628. The number of aromatic hydroxyl groups is 2. The first kappa shape index (κ1) is 24.7. The summed E-state index contributed by atoms with van der Waals surface area (Å²) in [6, 6.07) is 0. The highest BCUT2D eigenvalue weighted by atomic mass is 16.6. The predicted octanol–water partition coefficient (Wildman–Crippen LogP) is 5.20. The molecule has 0 atom stereocenters. The van der Waals surface area contributed by atoms with Crippen molar-refractivity contribution in [1.82, 2.24) is 0 Å². The number of unbranched alkanes of at least 4 members (excludes halogenated alkanes) is 3. The van der Waals surface area contributed by atoms with Gasteiger partial charge in [-0.3, -0.25) is 0 Å². The van der Waals surface area contributed by atoms with Crippen molar-refractivity contribution in [1.29, 1.82) is 0 Å². The lowest BCUT2D eigenvalue weighted by Crippen LogP contribution is -2.13. The lowest BCUT2D eigenvalue weighted by atomic mass is 10.1. The van der Waals surface area contributed by atoms with Gasteiger partial charge in [-0.05, 0) is 25.7 Å². The highest BCUT2D eigenvalue weighted by Crippen LogP contribution is 2.53. The highest BCUT2D eigenvalue weighted by molar-refractivity contribution is 5.99. The van der Waals surface area contributed by atoms with Gasteiger partial charge in [0.25, 0.3) is 0 Å². The van der Waals surface area contributed by atoms with E-state index < -0.39 is 17.5 Å². The smallest absolute Gasteiger partial charge is 0.346 e. The Hall–Kier alpha value is -2.31. The number of phenolic OH excluding ortho intramolecular Hbond substituents is 2. The molecule has 0 radical (unpaired) electrons. The van der Waals surface area contributed by atoms with E-state index in [9.17, 15) is 15.0 Å². The summed E-state index contributed by atoms with van der Waals surface area (Å²) in [6.45, 7) is 9.15. The van der Waals surface area contributed by atoms with Crippen molar-refractivity contribution in [3.8, 4) is 28.7 Å². The Morgan fingerprint density at radius 1 is 0.655 bits per heavy atom. The van der Waals surface area contributed by atoms with Crippen molar-refractivity contribution in [2.75, 3.05) is 26.4 Å². The Morgan fingerprint density at radius 3 is 1.62 bits per heavy atom. The largest absolute Gasteiger partial charge is 0.503 e. The zero-order valence-corrected chi connectivity index (χ0v) is 18.2. The molecule has 0 aromatic heterocycles. The van der Waals surface area contributed by atoms with Gasteiger partial charge in [-0.2, -0.15) is 0 Å². The van der Waals surface area contributed by atoms with Crippen LogP contribution in [0.4, 0.5) is 0 Å². The molecule has 0 aliphatic carbocycles. The topological polar surface area (TPSA) is 94.5 Å². The minimum Gasteiger partial charge on any atom is -0.503 e. The number of benzene rings is 1. The molecule has 0 unspecified atom stereocenters. The summed E-state index contributed by atoms with van der Waals surface area (Å²) in [6.07, 6.45) is 5.63. The molecule has 7 heteroatoms. The molecule has 0 aliphatic rings. The average Bonchev–Trinajstić information content (AvgIpc) is 2.71. The molecular formula is C22H36O7. The van der Waals surface area contributed by atoms with Crippen molar-refractivity contribution in [3.05, 3.63) is 5.56 Å². The van der Waals surface area contributed by atoms with E-state index >= 15 is 0 Å². The van der Waals surface area contributed by atoms with E-state index in [4.69, 9.17) is 18.9 Å². The van der Waals surface area contributed by atoms with Crippen LogP contribution in [0.2, 0.25) is 0 Å². The van der Waals surface area contributed by atoms with E-state index in [0.717, 1.165) is 38.5 Å². The summed E-state index contributed by atoms with van der Waals surface area (Å²) < 4.78 is 22.6. The van der Waals surface area contributed by atoms with Crippen LogP contribution in [0.3, 0.4) is 0 Å². The summed E-state index contributed by atoms with van der Waals surface area (Å²) >= 11 is 0. The zero-order chi connectivity index (χ0) is 21.6. The van der Waals surface area contributed by atoms with Gasteiger partial charge in [0.1, 0.15) is 0 Å². The van der Waals surface area contributed by atoms with Crippen LogP contribution < -0.4 is 14.2 Å². The Kier molecular flexibility index (Phi) is 11.8. The molecule has 0 saturated carbocycles. The molecule has 1 rings (SSSR count). The van der Waals surface area contributed by atoms with Crippen molar-refractivity contribution < 1.29 is 34.0 Å². The normalized spacial score (nSPS) is 10.6. The first-order chi connectivity index (χ1) is 14.0. The molecule has 1 aromatic carbocycles. The standard InChI is InChI=1S/C22H36O7/c1-5-9-13-26-19-16(22(25)29-12-8-4)17(23)18(24)20(27-14-10-6-2)21(19)28-15-11-7-3/h23-24H,5-15H2,1-4H3. The molecule has 1 aromatic rings. The predicted molar refractivity (Wildman–Crippen MR) is 112 cm³/mol. The van der Waals surface area contributed by atoms with Crippen LogP contribution in [0.15, 0.2) is 0 Å². The number of rotatable bonds is 15. The van der Waals surface area contributed by atoms with Gasteiger partial charge in [-0.1, -0.05) is 47.0 Å². The van der Waals surface area contributed by atoms with E-state index in [0.29, 0.717) is 26.2 Å². The molecule has 0 fully saturated rings. The van der Waals surface area contributed by atoms with Gasteiger partial charge < -0.3 is 29.2 Å². The van der Waals surface area contributed by atoms with E-state index in [1.807, 2.05) is 27.7 Å². The fraction of sp³-hybridized carbons (Fsp3) is 0.682. The second-order valence-corrected chi connectivity index (χ2v) is 6.80. The fourth-order valence-corrected chi connectivity index (χ4v) is 2.47. The molecule has 7 nitrogen and oxygen atoms in total. The molecule has 0 bridgehead atoms. The molecule has 29 heavy (non-hydrogen) atoms. The van der Waals surface area contributed by atoms with Crippen molar-refractivity contribution >= 4 is 5.97 Å². The van der Waals surface area contributed by atoms with Crippen LogP contribution in [0.1, 0.15) is 83.0 Å². The summed E-state index contributed by atoms with van der Waals surface area (Å²) in [7, 11) is 0. The number of ether oxygens (including phenoxy) is 4. The third-order valence-electron chi connectivity index (χ3n) is 4.19. The minimum absolute atomic E-state index is 0.00871. The summed E-state index contributed by atoms with van der Waals surface area (Å²) in [5.41, 5.74) is -0.235. The van der Waals surface area contributed by atoms with E-state index in [1.165, 1.54) is 0 Å². The fourth-order valence-electron chi connectivity index (χ4n) is 2.47. The van der Waals surface area contributed by atoms with Crippen molar-refractivity contribution in [2.45, 2.75) is 72.6 Å². The molecule has 0 heterocycles. The van der Waals surface area contributed by atoms with Gasteiger partial charge in [0.05, 0.1) is 26.4 Å². The second-order valence-electron chi connectivity index (χ2n) is 6.80. The molecule has 166 valence electrons. The monoisotopic (exact) mass is 412 g/mol. The van der Waals surface area contributed by atoms with Crippen LogP contribution in [-0.2, 0) is 4.74 Å². The number of esters is 1. The second kappa shape index (κ2) is 13.8. The summed E-state index contributed by atoms with van der Waals surface area (Å²) in [4.78, 5) is 12.6. The number of hydrogen-bond acceptors (Lipinski definition) is 7. The van der Waals surface area contributed by atoms with Crippen LogP contribution in [0.5, 0.6) is 28.7 Å². The SMILES string of the molecule is CCCCOc1c(O)c(O)c(C(=O)OCCC)c(OCCCC)c1OCCCC. The highest BCUT2D eigenvalue weighted by Gasteiger charge is 2.32. The Labute approximate surface area is 173 Å². The number of phenols is 2.